The minimum atomic E-state index is -4.23. The third kappa shape index (κ3) is 28.8. The second-order valence-electron chi connectivity index (χ2n) is 17.7. The van der Waals surface area contributed by atoms with Crippen molar-refractivity contribution in [2.45, 2.75) is 74.6 Å². The van der Waals surface area contributed by atoms with E-state index in [4.69, 9.17) is 76.7 Å². The van der Waals surface area contributed by atoms with Gasteiger partial charge in [0.05, 0.1) is 110 Å². The van der Waals surface area contributed by atoms with Crippen molar-refractivity contribution in [1.29, 1.82) is 0 Å². The topological polar surface area (TPSA) is 542 Å². The number of ether oxygens (including phenoxy) is 10. The number of aliphatic carboxylic acids is 2. The molecule has 0 fully saturated rings. The number of carbonyl (C=O) groups is 6. The van der Waals surface area contributed by atoms with Crippen molar-refractivity contribution in [3.63, 3.8) is 0 Å². The summed E-state index contributed by atoms with van der Waals surface area (Å²) in [4.78, 5) is 81.8. The fraction of sp³-hybridized carbons (Fsp3) is 0.702. The summed E-state index contributed by atoms with van der Waals surface area (Å²) in [7, 11) is -4.23. The van der Waals surface area contributed by atoms with Crippen LogP contribution in [0.2, 0.25) is 0 Å². The van der Waals surface area contributed by atoms with Crippen molar-refractivity contribution in [1.82, 2.24) is 30.3 Å². The Labute approximate surface area is 484 Å². The summed E-state index contributed by atoms with van der Waals surface area (Å²) < 4.78 is 85.3. The molecule has 0 bridgehead atoms. The van der Waals surface area contributed by atoms with Gasteiger partial charge in [-0.15, -0.1) is 6.42 Å². The van der Waals surface area contributed by atoms with Crippen LogP contribution in [0.15, 0.2) is 33.7 Å². The average Bonchev–Trinajstić information content (AvgIpc) is 1.48. The number of aliphatic imine (C=N–C) groups is 2. The fourth-order valence-electron chi connectivity index (χ4n) is 7.64. The van der Waals surface area contributed by atoms with E-state index in [0.717, 1.165) is 30.3 Å². The molecule has 0 radical (unpaired) electrons. The van der Waals surface area contributed by atoms with Crippen LogP contribution >= 0.6 is 0 Å². The van der Waals surface area contributed by atoms with Crippen molar-refractivity contribution in [3.05, 3.63) is 23.7 Å². The minimum absolute atomic E-state index is 0.0381. The van der Waals surface area contributed by atoms with Crippen LogP contribution in [0.5, 0.6) is 0 Å². The Kier molecular flexibility index (Phi) is 35.5. The highest BCUT2D eigenvalue weighted by molar-refractivity contribution is 7.87. The van der Waals surface area contributed by atoms with Gasteiger partial charge < -0.3 is 122 Å². The maximum Gasteiger partial charge on any atom is 0.370 e. The van der Waals surface area contributed by atoms with Crippen molar-refractivity contribution < 1.29 is 115 Å². The summed E-state index contributed by atoms with van der Waals surface area (Å²) in [6, 6.07) is -5.00. The highest BCUT2D eigenvalue weighted by Gasteiger charge is 2.47. The molecule has 0 aromatic rings. The van der Waals surface area contributed by atoms with Crippen molar-refractivity contribution >= 4 is 57.7 Å². The number of guanidine groups is 2. The van der Waals surface area contributed by atoms with Crippen molar-refractivity contribution in [2.24, 2.45) is 32.9 Å². The number of carboxylic acids is 2. The number of carbonyl (C=O) groups excluding carboxylic acids is 4. The molecule has 2 heterocycles. The molecule has 0 aromatic carbocycles. The molecule has 0 aliphatic carbocycles. The molecule has 0 spiro atoms. The molecule has 0 saturated carbocycles. The number of nitrogens with one attached hydrogen (secondary N) is 5. The summed E-state index contributed by atoms with van der Waals surface area (Å²) in [5, 5.41) is 70.4. The van der Waals surface area contributed by atoms with Crippen LogP contribution < -0.4 is 48.9 Å². The first-order valence-corrected chi connectivity index (χ1v) is 27.3. The lowest BCUT2D eigenvalue weighted by molar-refractivity contribution is -0.158. The number of nitrogens with two attached hydrogens (primary N) is 4. The second-order valence-corrected chi connectivity index (χ2v) is 19.5. The molecule has 36 nitrogen and oxygen atoms in total. The van der Waals surface area contributed by atoms with Gasteiger partial charge in [0.1, 0.15) is 44.2 Å². The lowest BCUT2D eigenvalue weighted by atomic mass is 9.92. The van der Waals surface area contributed by atoms with E-state index < -0.39 is 156 Å². The predicted molar refractivity (Wildman–Crippen MR) is 290 cm³/mol. The molecule has 37 heteroatoms. The van der Waals surface area contributed by atoms with E-state index in [2.05, 4.69) is 41.9 Å². The molecule has 2 aliphatic heterocycles. The average molecular weight is 1230 g/mol. The standard InChI is InChI=1S/C47H80N12O24S/c1-4-10-74-16-18-78-20-21-79-19-17-77-13-7-54-84(72,73)59(8-14-75-11-5-52-36(66)26-80-40(32(64)24-60)42-38(55-28(2)62)30(57-46(48)49)22-34(82-42)44(68)69)9-15-76-12-6-53-37(67)27-81-41(33(65)25-61)43-39(56-29(3)63)31(58-47(50)51)23-35(83-43)45(70)71/h1,22-23,30-33,38-43,54,60-61,64-65H,5-21,24-27H2,2-3H3,(H,52,66)(H,53,67)(H,55,62)(H,56,63)(H,68,69)(H,70,71)(H4,48,49,57)(H4,50,51,58)/t30-,31-,32+,33+,38+,39+,40+,41+,42+,43+/m0/s1. The Morgan fingerprint density at radius 2 is 1.00 bits per heavy atom. The molecule has 4 amide bonds. The lowest BCUT2D eigenvalue weighted by Gasteiger charge is -2.40. The number of aliphatic hydroxyl groups is 4. The zero-order valence-electron chi connectivity index (χ0n) is 46.4. The Bertz CT molecular complexity index is 2220. The number of aliphatic hydroxyl groups excluding tert-OH is 4. The first-order valence-electron chi connectivity index (χ1n) is 25.9. The van der Waals surface area contributed by atoms with Crippen LogP contribution in [-0.2, 0) is 86.3 Å². The van der Waals surface area contributed by atoms with E-state index in [1.807, 2.05) is 0 Å². The highest BCUT2D eigenvalue weighted by atomic mass is 32.2. The minimum Gasteiger partial charge on any atom is -0.478 e. The predicted octanol–water partition coefficient (Wildman–Crippen LogP) is -9.41. The van der Waals surface area contributed by atoms with E-state index in [0.29, 0.717) is 19.8 Å². The van der Waals surface area contributed by atoms with E-state index in [1.54, 1.807) is 0 Å². The molecular formula is C47H80N12O24S. The molecule has 19 N–H and O–H groups in total. The van der Waals surface area contributed by atoms with Gasteiger partial charge in [-0.05, 0) is 12.2 Å². The van der Waals surface area contributed by atoms with Crippen LogP contribution in [0.3, 0.4) is 0 Å². The van der Waals surface area contributed by atoms with Crippen LogP contribution in [0.4, 0.5) is 0 Å². The van der Waals surface area contributed by atoms with Gasteiger partial charge in [0.15, 0.2) is 24.1 Å². The Hall–Kier alpha value is -6.61. The Morgan fingerprint density at radius 3 is 1.36 bits per heavy atom. The third-order valence-electron chi connectivity index (χ3n) is 11.2. The number of amides is 4. The van der Waals surface area contributed by atoms with Gasteiger partial charge in [0.2, 0.25) is 35.1 Å². The largest absolute Gasteiger partial charge is 0.478 e. The molecule has 2 rings (SSSR count). The van der Waals surface area contributed by atoms with Crippen molar-refractivity contribution in [2.75, 3.05) is 138 Å². The molecule has 84 heavy (non-hydrogen) atoms. The maximum absolute atomic E-state index is 13.5. The number of nitrogens with zero attached hydrogens (tertiary/aromatic N) is 3. The van der Waals surface area contributed by atoms with Gasteiger partial charge in [-0.25, -0.2) is 19.6 Å². The molecule has 0 aromatic heterocycles. The first-order chi connectivity index (χ1) is 39.9. The Balaban J connectivity index is 2.02. The van der Waals surface area contributed by atoms with Crippen molar-refractivity contribution in [3.8, 4) is 12.3 Å². The van der Waals surface area contributed by atoms with Gasteiger partial charge in [-0.3, -0.25) is 19.2 Å². The SMILES string of the molecule is C#CCOCCOCCOCCOCCNS(=O)(=O)N(CCOCCNC(=O)CO[C@@H]([C@@H]1OC(C(=O)O)=C[C@H](N=C(N)N)[C@H]1NC(C)=O)[C@H](O)CO)CCOCCNC(=O)CO[C@@H]([C@@H]1OC(C(=O)O)=C[C@H](N=C(N)N)[C@H]1NC(C)=O)[C@H](O)CO. The number of hydrogen-bond acceptors (Lipinski definition) is 24. The van der Waals surface area contributed by atoms with E-state index in [-0.39, 0.29) is 92.2 Å². The van der Waals surface area contributed by atoms with Gasteiger partial charge in [0, 0.05) is 46.6 Å². The highest BCUT2D eigenvalue weighted by Crippen LogP contribution is 2.28. The van der Waals surface area contributed by atoms with Crippen LogP contribution in [0, 0.1) is 12.3 Å². The molecule has 2 aliphatic rings. The molecule has 0 saturated heterocycles. The molecule has 0 unspecified atom stereocenters. The monoisotopic (exact) mass is 1230 g/mol. The fourth-order valence-corrected chi connectivity index (χ4v) is 8.79. The van der Waals surface area contributed by atoms with Crippen LogP contribution in [0.1, 0.15) is 13.8 Å². The number of carboxylic acid groups (broad SMARTS) is 2. The van der Waals surface area contributed by atoms with Gasteiger partial charge >= 0.3 is 11.9 Å². The van der Waals surface area contributed by atoms with Gasteiger partial charge in [-0.1, -0.05) is 5.92 Å². The first kappa shape index (κ1) is 73.5. The summed E-state index contributed by atoms with van der Waals surface area (Å²) in [6.45, 7) is -1.17. The second kappa shape index (κ2) is 40.6. The maximum atomic E-state index is 13.5. The quantitative estimate of drug-likeness (QED) is 0.0117. The molecule has 478 valence electrons. The van der Waals surface area contributed by atoms with E-state index in [9.17, 15) is 67.8 Å². The zero-order chi connectivity index (χ0) is 62.6. The number of terminal acetylenes is 1. The normalized spacial score (nSPS) is 20.0. The number of rotatable bonds is 45. The lowest BCUT2D eigenvalue weighted by Crippen LogP contribution is -2.60. The van der Waals surface area contributed by atoms with Gasteiger partial charge in [-0.2, -0.15) is 17.4 Å². The smallest absolute Gasteiger partial charge is 0.370 e. The third-order valence-corrected chi connectivity index (χ3v) is 12.9. The summed E-state index contributed by atoms with van der Waals surface area (Å²) >= 11 is 0. The zero-order valence-corrected chi connectivity index (χ0v) is 47.3. The summed E-state index contributed by atoms with van der Waals surface area (Å²) in [5.74, 6) is -5.94. The van der Waals surface area contributed by atoms with E-state index >= 15 is 0 Å². The number of hydrogen-bond donors (Lipinski definition) is 15. The van der Waals surface area contributed by atoms with Crippen LogP contribution in [0.25, 0.3) is 0 Å². The molecule has 10 atom stereocenters. The summed E-state index contributed by atoms with van der Waals surface area (Å²) in [5.41, 5.74) is 22.1. The van der Waals surface area contributed by atoms with Gasteiger partial charge in [0.25, 0.3) is 10.2 Å². The molecular weight excluding hydrogens is 1150 g/mol. The van der Waals surface area contributed by atoms with Crippen LogP contribution in [-0.4, -0.2) is 290 Å². The summed E-state index contributed by atoms with van der Waals surface area (Å²) in [6.07, 6.45) is -2.82. The van der Waals surface area contributed by atoms with E-state index in [1.165, 1.54) is 0 Å². The Morgan fingerprint density at radius 1 is 0.631 bits per heavy atom.